The topological polar surface area (TPSA) is 47.6 Å². The van der Waals surface area contributed by atoms with E-state index in [4.69, 9.17) is 9.57 Å². The lowest BCUT2D eigenvalue weighted by molar-refractivity contribution is -0.141. The molecule has 1 aliphatic heterocycles. The molecule has 0 aromatic heterocycles. The van der Waals surface area contributed by atoms with Crippen LogP contribution in [0.4, 0.5) is 13.2 Å². The number of nitrogens with one attached hydrogen (secondary N) is 1. The van der Waals surface area contributed by atoms with Crippen molar-refractivity contribution in [2.75, 3.05) is 6.61 Å². The number of halogens is 3. The fourth-order valence-electron chi connectivity index (χ4n) is 1.82. The number of esters is 1. The number of hydroxylamine groups is 1. The molecule has 1 heterocycles. The smallest absolute Gasteiger partial charge is 0.416 e. The quantitative estimate of drug-likeness (QED) is 0.868. The maximum absolute atomic E-state index is 12.9. The van der Waals surface area contributed by atoms with Crippen LogP contribution in [-0.2, 0) is 20.5 Å². The van der Waals surface area contributed by atoms with Gasteiger partial charge >= 0.3 is 12.1 Å². The van der Waals surface area contributed by atoms with Gasteiger partial charge in [-0.3, -0.25) is 10.3 Å². The van der Waals surface area contributed by atoms with Crippen molar-refractivity contribution < 1.29 is 27.5 Å². The molecule has 4 nitrogen and oxygen atoms in total. The summed E-state index contributed by atoms with van der Waals surface area (Å²) in [6, 6.07) is 5.05. The maximum atomic E-state index is 12.9. The van der Waals surface area contributed by atoms with Gasteiger partial charge in [-0.25, -0.2) is 4.79 Å². The van der Waals surface area contributed by atoms with Crippen LogP contribution >= 0.6 is 0 Å². The van der Waals surface area contributed by atoms with Crippen molar-refractivity contribution in [2.24, 2.45) is 0 Å². The molecular formula is C13H12F3NO3. The summed E-state index contributed by atoms with van der Waals surface area (Å²) in [5, 5.41) is 0. The molecule has 1 aliphatic rings. The Balaban J connectivity index is 2.28. The van der Waals surface area contributed by atoms with E-state index in [0.29, 0.717) is 0 Å². The number of hydrogen-bond acceptors (Lipinski definition) is 4. The van der Waals surface area contributed by atoms with E-state index in [2.05, 4.69) is 5.48 Å². The highest BCUT2D eigenvalue weighted by Crippen LogP contribution is 2.37. The van der Waals surface area contributed by atoms with Crippen molar-refractivity contribution in [1.29, 1.82) is 0 Å². The van der Waals surface area contributed by atoms with Gasteiger partial charge < -0.3 is 4.74 Å². The average Bonchev–Trinajstić information content (AvgIpc) is 2.87. The van der Waals surface area contributed by atoms with Crippen LogP contribution in [0.15, 0.2) is 36.0 Å². The predicted molar refractivity (Wildman–Crippen MR) is 63.1 cm³/mol. The Morgan fingerprint density at radius 3 is 2.75 bits per heavy atom. The van der Waals surface area contributed by atoms with Gasteiger partial charge in [0.1, 0.15) is 11.8 Å². The first-order chi connectivity index (χ1) is 9.43. The van der Waals surface area contributed by atoms with Gasteiger partial charge in [-0.05, 0) is 24.6 Å². The van der Waals surface area contributed by atoms with E-state index in [1.54, 1.807) is 6.92 Å². The molecule has 0 saturated carbocycles. The monoisotopic (exact) mass is 287 g/mol. The first kappa shape index (κ1) is 14.4. The second kappa shape index (κ2) is 5.54. The zero-order chi connectivity index (χ0) is 14.8. The van der Waals surface area contributed by atoms with E-state index in [0.717, 1.165) is 6.07 Å². The SMILES string of the molecule is CCOC(=O)C1=CC(c2ccccc2C(F)(F)F)ON1. The summed E-state index contributed by atoms with van der Waals surface area (Å²) in [4.78, 5) is 16.5. The van der Waals surface area contributed by atoms with Crippen LogP contribution in [0.5, 0.6) is 0 Å². The number of carbonyl (C=O) groups is 1. The van der Waals surface area contributed by atoms with E-state index >= 15 is 0 Å². The van der Waals surface area contributed by atoms with Crippen LogP contribution < -0.4 is 5.48 Å². The van der Waals surface area contributed by atoms with Gasteiger partial charge in [-0.1, -0.05) is 18.2 Å². The lowest BCUT2D eigenvalue weighted by atomic mass is 10.0. The van der Waals surface area contributed by atoms with Gasteiger partial charge in [-0.2, -0.15) is 13.2 Å². The summed E-state index contributed by atoms with van der Waals surface area (Å²) in [6.07, 6.45) is -4.21. The molecule has 0 saturated heterocycles. The van der Waals surface area contributed by atoms with Gasteiger partial charge in [0.2, 0.25) is 0 Å². The van der Waals surface area contributed by atoms with Crippen molar-refractivity contribution >= 4 is 5.97 Å². The minimum absolute atomic E-state index is 0.00572. The van der Waals surface area contributed by atoms with Crippen LogP contribution in [0.25, 0.3) is 0 Å². The van der Waals surface area contributed by atoms with Gasteiger partial charge in [-0.15, -0.1) is 0 Å². The summed E-state index contributed by atoms with van der Waals surface area (Å²) >= 11 is 0. The number of carbonyl (C=O) groups excluding carboxylic acids is 1. The zero-order valence-electron chi connectivity index (χ0n) is 10.5. The molecule has 20 heavy (non-hydrogen) atoms. The van der Waals surface area contributed by atoms with Crippen LogP contribution in [0, 0.1) is 0 Å². The fourth-order valence-corrected chi connectivity index (χ4v) is 1.82. The molecule has 0 amide bonds. The van der Waals surface area contributed by atoms with Gasteiger partial charge in [0, 0.05) is 0 Å². The number of rotatable bonds is 3. The van der Waals surface area contributed by atoms with Crippen molar-refractivity contribution in [3.63, 3.8) is 0 Å². The Hall–Kier alpha value is -2.02. The predicted octanol–water partition coefficient (Wildman–Crippen LogP) is 2.73. The van der Waals surface area contributed by atoms with Crippen LogP contribution in [-0.4, -0.2) is 12.6 Å². The average molecular weight is 287 g/mol. The number of benzene rings is 1. The molecule has 1 aromatic rings. The summed E-state index contributed by atoms with van der Waals surface area (Å²) < 4.78 is 43.4. The van der Waals surface area contributed by atoms with E-state index in [1.165, 1.54) is 24.3 Å². The van der Waals surface area contributed by atoms with Gasteiger partial charge in [0.25, 0.3) is 0 Å². The van der Waals surface area contributed by atoms with E-state index < -0.39 is 23.8 Å². The van der Waals surface area contributed by atoms with Crippen molar-refractivity contribution in [3.8, 4) is 0 Å². The molecular weight excluding hydrogens is 275 g/mol. The molecule has 1 aromatic carbocycles. The lowest BCUT2D eigenvalue weighted by Crippen LogP contribution is -2.18. The molecule has 0 spiro atoms. The molecule has 1 atom stereocenters. The summed E-state index contributed by atoms with van der Waals surface area (Å²) in [6.45, 7) is 1.80. The first-order valence-electron chi connectivity index (χ1n) is 5.90. The molecule has 0 bridgehead atoms. The normalized spacial score (nSPS) is 18.4. The highest BCUT2D eigenvalue weighted by atomic mass is 19.4. The Kier molecular flexibility index (Phi) is 3.99. The maximum Gasteiger partial charge on any atom is 0.416 e. The number of alkyl halides is 3. The number of hydrogen-bond donors (Lipinski definition) is 1. The minimum atomic E-state index is -4.49. The van der Waals surface area contributed by atoms with E-state index in [-0.39, 0.29) is 17.9 Å². The highest BCUT2D eigenvalue weighted by molar-refractivity contribution is 5.88. The van der Waals surface area contributed by atoms with E-state index in [9.17, 15) is 18.0 Å². The Labute approximate surface area is 113 Å². The standard InChI is InChI=1S/C13H12F3NO3/c1-2-19-12(18)10-7-11(20-17-10)8-5-3-4-6-9(8)13(14,15)16/h3-7,11,17H,2H2,1H3. The summed E-state index contributed by atoms with van der Waals surface area (Å²) in [5.74, 6) is -0.667. The first-order valence-corrected chi connectivity index (χ1v) is 5.90. The van der Waals surface area contributed by atoms with Crippen molar-refractivity contribution in [2.45, 2.75) is 19.2 Å². The van der Waals surface area contributed by atoms with Crippen molar-refractivity contribution in [3.05, 3.63) is 47.2 Å². The number of ether oxygens (including phenoxy) is 1. The molecule has 0 fully saturated rings. The van der Waals surface area contributed by atoms with Crippen LogP contribution in [0.2, 0.25) is 0 Å². The molecule has 7 heteroatoms. The third-order valence-corrected chi connectivity index (χ3v) is 2.68. The third kappa shape index (κ3) is 2.93. The lowest BCUT2D eigenvalue weighted by Gasteiger charge is -2.15. The van der Waals surface area contributed by atoms with E-state index in [1.807, 2.05) is 0 Å². The fraction of sp³-hybridized carbons (Fsp3) is 0.308. The molecule has 0 radical (unpaired) electrons. The molecule has 0 aliphatic carbocycles. The minimum Gasteiger partial charge on any atom is -0.461 e. The Bertz CT molecular complexity index is 540. The molecule has 2 rings (SSSR count). The van der Waals surface area contributed by atoms with Gasteiger partial charge in [0.15, 0.2) is 0 Å². The summed E-state index contributed by atoms with van der Waals surface area (Å²) in [7, 11) is 0. The van der Waals surface area contributed by atoms with Gasteiger partial charge in [0.05, 0.1) is 12.2 Å². The Morgan fingerprint density at radius 2 is 2.10 bits per heavy atom. The molecule has 1 unspecified atom stereocenters. The Morgan fingerprint density at radius 1 is 1.40 bits per heavy atom. The third-order valence-electron chi connectivity index (χ3n) is 2.68. The zero-order valence-corrected chi connectivity index (χ0v) is 10.5. The highest BCUT2D eigenvalue weighted by Gasteiger charge is 2.36. The largest absolute Gasteiger partial charge is 0.461 e. The van der Waals surface area contributed by atoms with Crippen LogP contribution in [0.1, 0.15) is 24.2 Å². The second-order valence-corrected chi connectivity index (χ2v) is 4.03. The van der Waals surface area contributed by atoms with Crippen LogP contribution in [0.3, 0.4) is 0 Å². The molecule has 108 valence electrons. The van der Waals surface area contributed by atoms with Crippen molar-refractivity contribution in [1.82, 2.24) is 5.48 Å². The second-order valence-electron chi connectivity index (χ2n) is 4.03. The summed E-state index contributed by atoms with van der Waals surface area (Å²) in [5.41, 5.74) is 1.42. The molecule has 1 N–H and O–H groups in total.